The summed E-state index contributed by atoms with van der Waals surface area (Å²) in [5.74, 6) is -2.92. The number of nitrogens with one attached hydrogen (secondary N) is 3. The van der Waals surface area contributed by atoms with Gasteiger partial charge in [0, 0.05) is 49.6 Å². The predicted molar refractivity (Wildman–Crippen MR) is 126 cm³/mol. The van der Waals surface area contributed by atoms with Gasteiger partial charge >= 0.3 is 0 Å². The highest BCUT2D eigenvalue weighted by atomic mass is 32.2. The van der Waals surface area contributed by atoms with E-state index in [2.05, 4.69) is 25.8 Å². The van der Waals surface area contributed by atoms with Crippen LogP contribution in [0, 0.1) is 11.6 Å². The maximum atomic E-state index is 13.7. The zero-order valence-electron chi connectivity index (χ0n) is 19.3. The fraction of sp³-hybridized carbons (Fsp3) is 0.304. The van der Waals surface area contributed by atoms with Crippen LogP contribution in [0.4, 0.5) is 20.4 Å². The molecule has 5 rings (SSSR count). The number of sulfonamides is 1. The molecule has 194 valence electrons. The number of anilines is 2. The normalized spacial score (nSPS) is 17.8. The highest BCUT2D eigenvalue weighted by Crippen LogP contribution is 2.29. The van der Waals surface area contributed by atoms with E-state index < -0.39 is 44.5 Å². The number of halogens is 2. The van der Waals surface area contributed by atoms with Gasteiger partial charge < -0.3 is 15.4 Å². The third kappa shape index (κ3) is 5.08. The number of benzene rings is 1. The van der Waals surface area contributed by atoms with Crippen molar-refractivity contribution >= 4 is 33.5 Å². The van der Waals surface area contributed by atoms with E-state index in [0.29, 0.717) is 30.4 Å². The molecule has 1 fully saturated rings. The minimum absolute atomic E-state index is 0.0437. The second kappa shape index (κ2) is 9.95. The minimum atomic E-state index is -4.22. The van der Waals surface area contributed by atoms with Gasteiger partial charge in [0.25, 0.3) is 11.8 Å². The van der Waals surface area contributed by atoms with Crippen LogP contribution in [0.5, 0.6) is 0 Å². The molecule has 37 heavy (non-hydrogen) atoms. The zero-order chi connectivity index (χ0) is 26.2. The van der Waals surface area contributed by atoms with Crippen LogP contribution < -0.4 is 10.6 Å². The Morgan fingerprint density at radius 3 is 2.65 bits per heavy atom. The Bertz CT molecular complexity index is 1450. The maximum Gasteiger partial charge on any atom is 0.260 e. The van der Waals surface area contributed by atoms with E-state index in [-0.39, 0.29) is 36.7 Å². The van der Waals surface area contributed by atoms with Gasteiger partial charge in [-0.05, 0) is 37.1 Å². The Kier molecular flexibility index (Phi) is 6.70. The summed E-state index contributed by atoms with van der Waals surface area (Å²) in [6, 6.07) is 5.10. The summed E-state index contributed by atoms with van der Waals surface area (Å²) in [7, 11) is -4.22. The van der Waals surface area contributed by atoms with Crippen LogP contribution in [-0.4, -0.2) is 59.0 Å². The van der Waals surface area contributed by atoms with Crippen molar-refractivity contribution in [3.05, 3.63) is 65.0 Å². The highest BCUT2D eigenvalue weighted by molar-refractivity contribution is 7.89. The summed E-state index contributed by atoms with van der Waals surface area (Å²) >= 11 is 0. The van der Waals surface area contributed by atoms with E-state index in [1.807, 2.05) is 0 Å². The van der Waals surface area contributed by atoms with Gasteiger partial charge in [-0.2, -0.15) is 9.40 Å². The number of pyridine rings is 1. The summed E-state index contributed by atoms with van der Waals surface area (Å²) in [6.45, 7) is 0.349. The zero-order valence-corrected chi connectivity index (χ0v) is 20.1. The summed E-state index contributed by atoms with van der Waals surface area (Å²) in [5, 5.41) is 12.1. The molecular weight excluding hydrogens is 510 g/mol. The summed E-state index contributed by atoms with van der Waals surface area (Å²) < 4.78 is 59.8. The first-order chi connectivity index (χ1) is 17.7. The van der Waals surface area contributed by atoms with Crippen LogP contribution in [0.3, 0.4) is 0 Å². The van der Waals surface area contributed by atoms with E-state index in [4.69, 9.17) is 4.74 Å². The van der Waals surface area contributed by atoms with Crippen molar-refractivity contribution in [1.29, 1.82) is 0 Å². The molecule has 1 saturated heterocycles. The molecule has 3 N–H and O–H groups in total. The van der Waals surface area contributed by atoms with Crippen molar-refractivity contribution in [2.75, 3.05) is 23.8 Å². The number of nitrogens with zero attached hydrogens (tertiary/aromatic N) is 3. The number of carbonyl (C=O) groups is 2. The van der Waals surface area contributed by atoms with Crippen LogP contribution >= 0.6 is 0 Å². The second-order valence-electron chi connectivity index (χ2n) is 8.57. The number of fused-ring (bicyclic) bond motifs is 1. The van der Waals surface area contributed by atoms with Gasteiger partial charge in [0.1, 0.15) is 23.6 Å². The van der Waals surface area contributed by atoms with Crippen molar-refractivity contribution in [1.82, 2.24) is 19.5 Å². The van der Waals surface area contributed by atoms with Gasteiger partial charge in [-0.25, -0.2) is 22.2 Å². The first kappa shape index (κ1) is 24.9. The first-order valence-electron chi connectivity index (χ1n) is 11.4. The lowest BCUT2D eigenvalue weighted by molar-refractivity contribution is -0.124. The van der Waals surface area contributed by atoms with Crippen LogP contribution in [-0.2, 0) is 32.5 Å². The van der Waals surface area contributed by atoms with Crippen molar-refractivity contribution < 1.29 is 31.5 Å². The maximum absolute atomic E-state index is 13.7. The Morgan fingerprint density at radius 2 is 1.92 bits per heavy atom. The number of aromatic amines is 1. The van der Waals surface area contributed by atoms with Crippen molar-refractivity contribution in [3.63, 3.8) is 0 Å². The average Bonchev–Trinajstić information content (AvgIpc) is 3.54. The third-order valence-corrected chi connectivity index (χ3v) is 7.94. The van der Waals surface area contributed by atoms with Crippen LogP contribution in [0.2, 0.25) is 0 Å². The summed E-state index contributed by atoms with van der Waals surface area (Å²) in [6.07, 6.45) is 2.39. The molecule has 0 bridgehead atoms. The van der Waals surface area contributed by atoms with Gasteiger partial charge in [-0.3, -0.25) is 14.7 Å². The largest absolute Gasteiger partial charge is 0.368 e. The SMILES string of the molecule is O=C(Nc1n[nH]c2c1CN(S(=O)(=O)c1cc(F)cc(F)c1)CC2)c1cccnc1NC(=O)C1CCCO1. The van der Waals surface area contributed by atoms with Crippen molar-refractivity contribution in [2.24, 2.45) is 0 Å². The van der Waals surface area contributed by atoms with E-state index in [1.165, 1.54) is 18.3 Å². The highest BCUT2D eigenvalue weighted by Gasteiger charge is 2.32. The number of carbonyl (C=O) groups excluding carboxylic acids is 2. The topological polar surface area (TPSA) is 146 Å². The predicted octanol–water partition coefficient (Wildman–Crippen LogP) is 2.20. The van der Waals surface area contributed by atoms with E-state index in [1.54, 1.807) is 0 Å². The molecule has 1 aromatic carbocycles. The minimum Gasteiger partial charge on any atom is -0.368 e. The molecule has 0 spiro atoms. The number of hydrogen-bond acceptors (Lipinski definition) is 7. The van der Waals surface area contributed by atoms with Crippen molar-refractivity contribution in [3.8, 4) is 0 Å². The smallest absolute Gasteiger partial charge is 0.260 e. The average molecular weight is 533 g/mol. The third-order valence-electron chi connectivity index (χ3n) is 6.12. The molecule has 14 heteroatoms. The Morgan fingerprint density at radius 1 is 1.14 bits per heavy atom. The number of H-pyrrole nitrogens is 1. The van der Waals surface area contributed by atoms with Gasteiger partial charge in [-0.1, -0.05) is 0 Å². The number of aromatic nitrogens is 3. The fourth-order valence-corrected chi connectivity index (χ4v) is 5.70. The standard InChI is InChI=1S/C23H22F2N6O5S/c24-13-9-14(25)11-15(10-13)37(34,35)31-7-5-18-17(12-31)21(30-29-18)28-22(32)16-3-1-6-26-20(16)27-23(33)19-4-2-8-36-19/h1,3,6,9-11,19H,2,4-5,7-8,12H2,(H,26,27,33)(H2,28,29,30,32). The van der Waals surface area contributed by atoms with Crippen LogP contribution in [0.25, 0.3) is 0 Å². The quantitative estimate of drug-likeness (QED) is 0.441. The van der Waals surface area contributed by atoms with E-state index in [0.717, 1.165) is 22.9 Å². The van der Waals surface area contributed by atoms with Crippen LogP contribution in [0.15, 0.2) is 41.4 Å². The molecule has 2 aliphatic heterocycles. The molecule has 2 aliphatic rings. The first-order valence-corrected chi connectivity index (χ1v) is 12.9. The molecule has 1 unspecified atom stereocenters. The Labute approximate surface area is 210 Å². The molecular formula is C23H22F2N6O5S. The van der Waals surface area contributed by atoms with Crippen LogP contribution in [0.1, 0.15) is 34.5 Å². The van der Waals surface area contributed by atoms with E-state index in [9.17, 15) is 26.8 Å². The van der Waals surface area contributed by atoms with E-state index >= 15 is 0 Å². The molecule has 2 amide bonds. The molecule has 3 aromatic rings. The molecule has 2 aromatic heterocycles. The monoisotopic (exact) mass is 532 g/mol. The number of rotatable bonds is 6. The summed E-state index contributed by atoms with van der Waals surface area (Å²) in [4.78, 5) is 29.1. The number of hydrogen-bond donors (Lipinski definition) is 3. The van der Waals surface area contributed by atoms with Gasteiger partial charge in [0.15, 0.2) is 5.82 Å². The molecule has 0 radical (unpaired) electrons. The number of amides is 2. The molecule has 0 aliphatic carbocycles. The molecule has 4 heterocycles. The van der Waals surface area contributed by atoms with Gasteiger partial charge in [0.05, 0.1) is 10.5 Å². The lowest BCUT2D eigenvalue weighted by Crippen LogP contribution is -2.36. The molecule has 1 atom stereocenters. The summed E-state index contributed by atoms with van der Waals surface area (Å²) in [5.41, 5.74) is 1.10. The van der Waals surface area contributed by atoms with Gasteiger partial charge in [0.2, 0.25) is 10.0 Å². The lowest BCUT2D eigenvalue weighted by Gasteiger charge is -2.26. The Balaban J connectivity index is 1.35. The van der Waals surface area contributed by atoms with Crippen molar-refractivity contribution in [2.45, 2.75) is 36.8 Å². The fourth-order valence-electron chi connectivity index (χ4n) is 4.25. The number of ether oxygens (including phenoxy) is 1. The lowest BCUT2D eigenvalue weighted by atomic mass is 10.1. The second-order valence-corrected chi connectivity index (χ2v) is 10.5. The molecule has 0 saturated carbocycles. The van der Waals surface area contributed by atoms with Gasteiger partial charge in [-0.15, -0.1) is 0 Å². The molecule has 11 nitrogen and oxygen atoms in total. The Hall–Kier alpha value is -3.75.